The second kappa shape index (κ2) is 16.7. The molecule has 0 unspecified atom stereocenters. The molecule has 314 valence electrons. The molecular weight excluding hydrogens is 804 g/mol. The highest BCUT2D eigenvalue weighted by molar-refractivity contribution is 8.00. The standard InChI is InChI=1S/C36H45FN8O11S2/c1-5-54-42-25(19-12-21(37)28(47)24(46)13-19)29(48)39-17-36-6-9-45(10-7-36,11-8-36)14-20-18(2)58-32-27(31(50)44(32)23(20)15-55-53)41-30(49)26(22-16-57-34(38)40-22)43-56-35(3,4)33(51)52/h12-13,16,18,27,32H,5-11,14-15,17H2,1-4H3,(H7-,38,39,40,41,46,47,48,49,51,52,53)/p+1/b42-25-,43-26-/t18-,27+,32+,36?,45?/m0/s1. The zero-order valence-corrected chi connectivity index (χ0v) is 33.8. The van der Waals surface area contributed by atoms with E-state index in [1.54, 1.807) is 6.92 Å². The molecule has 1 aromatic heterocycles. The Labute approximate surface area is 340 Å². The molecule has 4 fully saturated rings. The van der Waals surface area contributed by atoms with Crippen LogP contribution in [0.15, 0.2) is 39.1 Å². The van der Waals surface area contributed by atoms with E-state index in [9.17, 15) is 44.1 Å². The van der Waals surface area contributed by atoms with Crippen molar-refractivity contribution in [3.8, 4) is 11.5 Å². The van der Waals surface area contributed by atoms with Gasteiger partial charge in [0.1, 0.15) is 36.9 Å². The molecule has 1 aromatic carbocycles. The van der Waals surface area contributed by atoms with Gasteiger partial charge in [0.2, 0.25) is 5.60 Å². The number of halogens is 1. The number of nitrogens with zero attached hydrogens (tertiary/aromatic N) is 5. The molecule has 5 aliphatic rings. The summed E-state index contributed by atoms with van der Waals surface area (Å²) in [6, 6.07) is 0.945. The maximum absolute atomic E-state index is 14.2. The number of carbonyl (C=O) groups excluding carboxylic acids is 3. The Hall–Kier alpha value is -5.03. The van der Waals surface area contributed by atoms with Gasteiger partial charge in [-0.15, -0.1) is 23.1 Å². The summed E-state index contributed by atoms with van der Waals surface area (Å²) in [5.74, 6) is -5.98. The van der Waals surface area contributed by atoms with Gasteiger partial charge in [-0.1, -0.05) is 10.3 Å². The molecule has 2 bridgehead atoms. The van der Waals surface area contributed by atoms with Crippen LogP contribution in [-0.2, 0) is 33.7 Å². The second-order valence-corrected chi connectivity index (χ2v) is 17.6. The molecule has 7 rings (SSSR count). The topological polar surface area (TPSA) is 268 Å². The number of rotatable bonds is 16. The zero-order chi connectivity index (χ0) is 42.2. The number of fused-ring (bicyclic) bond motifs is 4. The van der Waals surface area contributed by atoms with E-state index >= 15 is 0 Å². The summed E-state index contributed by atoms with van der Waals surface area (Å²) in [5.41, 5.74) is 4.63. The summed E-state index contributed by atoms with van der Waals surface area (Å²) in [5, 5.41) is 52.9. The van der Waals surface area contributed by atoms with Crippen molar-refractivity contribution in [2.24, 2.45) is 15.7 Å². The van der Waals surface area contributed by atoms with Crippen LogP contribution in [-0.4, -0.2) is 138 Å². The number of carboxylic acids is 1. The monoisotopic (exact) mass is 849 g/mol. The number of phenols is 2. The number of anilines is 1. The molecule has 6 heterocycles. The fourth-order valence-corrected chi connectivity index (χ4v) is 9.62. The number of hydrogen-bond donors (Lipinski definition) is 7. The van der Waals surface area contributed by atoms with Gasteiger partial charge >= 0.3 is 5.97 Å². The number of piperidine rings is 3. The molecule has 22 heteroatoms. The Morgan fingerprint density at radius 3 is 2.41 bits per heavy atom. The largest absolute Gasteiger partial charge is 0.504 e. The first-order valence-electron chi connectivity index (χ1n) is 18.5. The number of aromatic nitrogens is 1. The first-order chi connectivity index (χ1) is 27.4. The van der Waals surface area contributed by atoms with E-state index < -0.39 is 58.0 Å². The van der Waals surface area contributed by atoms with E-state index in [1.165, 1.54) is 35.9 Å². The molecule has 5 aliphatic heterocycles. The minimum absolute atomic E-state index is 0.0431. The van der Waals surface area contributed by atoms with Gasteiger partial charge < -0.3 is 45.8 Å². The van der Waals surface area contributed by atoms with E-state index in [0.29, 0.717) is 18.8 Å². The number of nitrogens with one attached hydrogen (secondary N) is 2. The average molecular weight is 850 g/mol. The third-order valence-electron chi connectivity index (χ3n) is 11.2. The number of quaternary nitrogens is 1. The number of β-lactam (4-membered cyclic amide) rings is 1. The quantitative estimate of drug-likeness (QED) is 0.0318. The fourth-order valence-electron chi connectivity index (χ4n) is 7.58. The maximum Gasteiger partial charge on any atom is 0.350 e. The first-order valence-corrected chi connectivity index (χ1v) is 20.3. The minimum atomic E-state index is -1.77. The summed E-state index contributed by atoms with van der Waals surface area (Å²) < 4.78 is 15.0. The van der Waals surface area contributed by atoms with Crippen molar-refractivity contribution in [1.82, 2.24) is 20.5 Å². The van der Waals surface area contributed by atoms with Crippen molar-refractivity contribution in [1.29, 1.82) is 0 Å². The predicted molar refractivity (Wildman–Crippen MR) is 208 cm³/mol. The number of thioether (sulfide) groups is 1. The van der Waals surface area contributed by atoms with Gasteiger partial charge in [-0.25, -0.2) is 19.1 Å². The number of aliphatic carboxylic acids is 1. The molecule has 8 N–H and O–H groups in total. The molecular formula is C36H46FN8O11S2+. The Morgan fingerprint density at radius 1 is 1.14 bits per heavy atom. The zero-order valence-electron chi connectivity index (χ0n) is 32.2. The van der Waals surface area contributed by atoms with Crippen LogP contribution < -0.4 is 16.4 Å². The lowest BCUT2D eigenvalue weighted by Gasteiger charge is -2.57. The first kappa shape index (κ1) is 42.6. The summed E-state index contributed by atoms with van der Waals surface area (Å²) >= 11 is 2.51. The van der Waals surface area contributed by atoms with Gasteiger partial charge in [0.05, 0.1) is 25.3 Å². The van der Waals surface area contributed by atoms with Gasteiger partial charge in [0.15, 0.2) is 33.9 Å². The van der Waals surface area contributed by atoms with Gasteiger partial charge in [-0.05, 0) is 39.8 Å². The van der Waals surface area contributed by atoms with Gasteiger partial charge in [0.25, 0.3) is 17.7 Å². The van der Waals surface area contributed by atoms with Gasteiger partial charge in [-0.3, -0.25) is 24.5 Å². The average Bonchev–Trinajstić information content (AvgIpc) is 3.62. The second-order valence-electron chi connectivity index (χ2n) is 15.3. The van der Waals surface area contributed by atoms with Crippen LogP contribution in [0.25, 0.3) is 0 Å². The molecule has 3 amide bonds. The summed E-state index contributed by atoms with van der Waals surface area (Å²) in [6.07, 6.45) is 2.34. The highest BCUT2D eigenvalue weighted by Crippen LogP contribution is 2.48. The normalized spacial score (nSPS) is 25.9. The van der Waals surface area contributed by atoms with Crippen LogP contribution in [0.4, 0.5) is 9.52 Å². The molecule has 3 atom stereocenters. The number of nitrogens with two attached hydrogens (primary N) is 1. The molecule has 0 aliphatic carbocycles. The number of thiazole rings is 1. The van der Waals surface area contributed by atoms with Gasteiger partial charge in [-0.2, -0.15) is 0 Å². The summed E-state index contributed by atoms with van der Waals surface area (Å²) in [7, 11) is 0. The lowest BCUT2D eigenvalue weighted by molar-refractivity contribution is -0.941. The van der Waals surface area contributed by atoms with Crippen LogP contribution in [0.3, 0.4) is 0 Å². The molecule has 0 radical (unpaired) electrons. The maximum atomic E-state index is 14.2. The lowest BCUT2D eigenvalue weighted by Crippen LogP contribution is -2.72. The number of nitrogen functional groups attached to an aromatic ring is 1. The SMILES string of the molecule is CCO/N=C(\C(=O)NCC12CC[N+](CC3=C(COO)N4C(=O)[C@@H](NC(=O)/C(=N\OC(C)(C)C(=O)O)c5csc(N)n5)[C@H]4S[C@H]3C)(CC1)CC2)c1cc(O)c(O)c(F)c1. The van der Waals surface area contributed by atoms with E-state index in [1.807, 2.05) is 6.92 Å². The van der Waals surface area contributed by atoms with Crippen LogP contribution in [0.5, 0.6) is 11.5 Å². The van der Waals surface area contributed by atoms with Crippen LogP contribution in [0, 0.1) is 11.2 Å². The molecule has 4 saturated heterocycles. The van der Waals surface area contributed by atoms with Crippen molar-refractivity contribution in [2.45, 2.75) is 69.2 Å². The fraction of sp³-hybridized carbons (Fsp3) is 0.528. The predicted octanol–water partition coefficient (Wildman–Crippen LogP) is 1.95. The number of benzene rings is 1. The van der Waals surface area contributed by atoms with Crippen molar-refractivity contribution in [2.75, 3.05) is 51.7 Å². The third kappa shape index (κ3) is 8.42. The van der Waals surface area contributed by atoms with Crippen molar-refractivity contribution in [3.63, 3.8) is 0 Å². The molecule has 2 aromatic rings. The number of phenolic OH excluding ortho intramolecular Hbond substituents is 2. The number of amides is 3. The van der Waals surface area contributed by atoms with Crippen molar-refractivity contribution in [3.05, 3.63) is 45.9 Å². The van der Waals surface area contributed by atoms with E-state index in [2.05, 4.69) is 30.8 Å². The van der Waals surface area contributed by atoms with E-state index in [4.69, 9.17) is 15.4 Å². The number of aromatic hydroxyl groups is 2. The minimum Gasteiger partial charge on any atom is -0.504 e. The van der Waals surface area contributed by atoms with Crippen molar-refractivity contribution >= 4 is 63.3 Å². The van der Waals surface area contributed by atoms with E-state index in [0.717, 1.165) is 72.4 Å². The Bertz CT molecular complexity index is 2030. The number of oxime groups is 2. The van der Waals surface area contributed by atoms with Crippen LogP contribution in [0.2, 0.25) is 0 Å². The number of hydrogen-bond acceptors (Lipinski definition) is 16. The third-order valence-corrected chi connectivity index (χ3v) is 13.3. The smallest absolute Gasteiger partial charge is 0.350 e. The Morgan fingerprint density at radius 2 is 1.83 bits per heavy atom. The Kier molecular flexibility index (Phi) is 12.2. The summed E-state index contributed by atoms with van der Waals surface area (Å²) in [6.45, 7) is 9.32. The van der Waals surface area contributed by atoms with Crippen molar-refractivity contribution < 1.29 is 63.2 Å². The van der Waals surface area contributed by atoms with Crippen LogP contribution >= 0.6 is 23.1 Å². The van der Waals surface area contributed by atoms with Gasteiger partial charge in [0, 0.05) is 53.0 Å². The lowest BCUT2D eigenvalue weighted by atomic mass is 9.70. The van der Waals surface area contributed by atoms with Crippen LogP contribution in [0.1, 0.15) is 58.2 Å². The molecule has 0 spiro atoms. The Balaban J connectivity index is 1.12. The number of carbonyl (C=O) groups is 4. The molecule has 19 nitrogen and oxygen atoms in total. The number of carboxylic acid groups (broad SMARTS) is 1. The highest BCUT2D eigenvalue weighted by atomic mass is 32.2. The molecule has 58 heavy (non-hydrogen) atoms. The summed E-state index contributed by atoms with van der Waals surface area (Å²) in [4.78, 5) is 72.8. The highest BCUT2D eigenvalue weighted by Gasteiger charge is 2.56. The van der Waals surface area contributed by atoms with E-state index in [-0.39, 0.29) is 51.7 Å². The molecule has 0 saturated carbocycles.